The Labute approximate surface area is 154 Å². The largest absolute Gasteiger partial charge is 0.383 e. The SMILES string of the molecule is COCCN(C(=O)CNC(C)c1ccc(Cl)cc1)C1CCS(=O)(=O)C1. The quantitative estimate of drug-likeness (QED) is 0.732. The summed E-state index contributed by atoms with van der Waals surface area (Å²) in [5, 5.41) is 3.86. The van der Waals surface area contributed by atoms with Gasteiger partial charge in [-0.05, 0) is 31.0 Å². The summed E-state index contributed by atoms with van der Waals surface area (Å²) in [6, 6.07) is 7.17. The molecule has 1 fully saturated rings. The Morgan fingerprint density at radius 2 is 2.08 bits per heavy atom. The lowest BCUT2D eigenvalue weighted by Gasteiger charge is -2.29. The molecule has 1 aliphatic heterocycles. The lowest BCUT2D eigenvalue weighted by atomic mass is 10.1. The molecule has 2 unspecified atom stereocenters. The molecule has 0 aliphatic carbocycles. The summed E-state index contributed by atoms with van der Waals surface area (Å²) in [6.45, 7) is 2.89. The minimum absolute atomic E-state index is 0.0159. The number of carbonyl (C=O) groups is 1. The third-order valence-electron chi connectivity index (χ3n) is 4.44. The Bertz CT molecular complexity index is 678. The van der Waals surface area contributed by atoms with Gasteiger partial charge in [-0.3, -0.25) is 4.79 Å². The first-order chi connectivity index (χ1) is 11.8. The fourth-order valence-corrected chi connectivity index (χ4v) is 4.79. The van der Waals surface area contributed by atoms with Crippen LogP contribution in [0.25, 0.3) is 0 Å². The van der Waals surface area contributed by atoms with Crippen molar-refractivity contribution < 1.29 is 17.9 Å². The van der Waals surface area contributed by atoms with E-state index in [9.17, 15) is 13.2 Å². The summed E-state index contributed by atoms with van der Waals surface area (Å²) in [5.74, 6) is 0.0677. The van der Waals surface area contributed by atoms with Crippen molar-refractivity contribution in [1.29, 1.82) is 0 Å². The fourth-order valence-electron chi connectivity index (χ4n) is 2.93. The Hall–Kier alpha value is -1.15. The fraction of sp³-hybridized carbons (Fsp3) is 0.588. The molecule has 1 aromatic rings. The van der Waals surface area contributed by atoms with Crippen LogP contribution in [-0.2, 0) is 19.4 Å². The molecule has 1 aromatic carbocycles. The molecule has 1 heterocycles. The van der Waals surface area contributed by atoms with Crippen LogP contribution < -0.4 is 5.32 Å². The predicted molar refractivity (Wildman–Crippen MR) is 98.5 cm³/mol. The van der Waals surface area contributed by atoms with Crippen molar-refractivity contribution in [2.75, 3.05) is 38.3 Å². The molecule has 0 spiro atoms. The molecule has 140 valence electrons. The maximum Gasteiger partial charge on any atom is 0.236 e. The molecular weight excluding hydrogens is 364 g/mol. The van der Waals surface area contributed by atoms with Gasteiger partial charge in [0.25, 0.3) is 0 Å². The maximum atomic E-state index is 12.6. The first-order valence-corrected chi connectivity index (χ1v) is 10.5. The summed E-state index contributed by atoms with van der Waals surface area (Å²) in [6.07, 6.45) is 0.491. The number of sulfone groups is 1. The molecule has 0 radical (unpaired) electrons. The van der Waals surface area contributed by atoms with Crippen LogP contribution in [0.15, 0.2) is 24.3 Å². The van der Waals surface area contributed by atoms with Crippen molar-refractivity contribution >= 4 is 27.3 Å². The van der Waals surface area contributed by atoms with E-state index in [0.717, 1.165) is 5.56 Å². The van der Waals surface area contributed by atoms with E-state index >= 15 is 0 Å². The van der Waals surface area contributed by atoms with Crippen LogP contribution in [0.2, 0.25) is 5.02 Å². The van der Waals surface area contributed by atoms with E-state index < -0.39 is 9.84 Å². The third-order valence-corrected chi connectivity index (χ3v) is 6.44. The van der Waals surface area contributed by atoms with Crippen LogP contribution in [-0.4, -0.2) is 63.6 Å². The minimum Gasteiger partial charge on any atom is -0.383 e. The van der Waals surface area contributed by atoms with E-state index in [1.54, 1.807) is 12.0 Å². The average Bonchev–Trinajstić information content (AvgIpc) is 2.93. The van der Waals surface area contributed by atoms with E-state index in [1.807, 2.05) is 31.2 Å². The number of nitrogens with zero attached hydrogens (tertiary/aromatic N) is 1. The zero-order chi connectivity index (χ0) is 18.4. The highest BCUT2D eigenvalue weighted by atomic mass is 35.5. The number of methoxy groups -OCH3 is 1. The molecule has 2 rings (SSSR count). The molecule has 1 amide bonds. The van der Waals surface area contributed by atoms with Crippen LogP contribution in [0, 0.1) is 0 Å². The Balaban J connectivity index is 1.95. The number of amides is 1. The summed E-state index contributed by atoms with van der Waals surface area (Å²) in [5.41, 5.74) is 1.03. The highest BCUT2D eigenvalue weighted by molar-refractivity contribution is 7.91. The molecule has 25 heavy (non-hydrogen) atoms. The number of carbonyl (C=O) groups excluding carboxylic acids is 1. The van der Waals surface area contributed by atoms with Crippen LogP contribution >= 0.6 is 11.6 Å². The molecule has 0 saturated carbocycles. The Morgan fingerprint density at radius 3 is 2.64 bits per heavy atom. The van der Waals surface area contributed by atoms with Gasteiger partial charge in [-0.1, -0.05) is 23.7 Å². The van der Waals surface area contributed by atoms with Crippen molar-refractivity contribution in [1.82, 2.24) is 10.2 Å². The van der Waals surface area contributed by atoms with Crippen LogP contribution in [0.5, 0.6) is 0 Å². The van der Waals surface area contributed by atoms with E-state index in [4.69, 9.17) is 16.3 Å². The van der Waals surface area contributed by atoms with Gasteiger partial charge in [-0.25, -0.2) is 8.42 Å². The molecule has 1 N–H and O–H groups in total. The maximum absolute atomic E-state index is 12.6. The number of ether oxygens (including phenoxy) is 1. The van der Waals surface area contributed by atoms with Crippen molar-refractivity contribution in [2.24, 2.45) is 0 Å². The zero-order valence-electron chi connectivity index (χ0n) is 14.6. The van der Waals surface area contributed by atoms with Gasteiger partial charge in [0, 0.05) is 30.8 Å². The number of nitrogens with one attached hydrogen (secondary N) is 1. The third kappa shape index (κ3) is 5.95. The van der Waals surface area contributed by atoms with Crippen molar-refractivity contribution in [3.05, 3.63) is 34.9 Å². The molecular formula is C17H25ClN2O4S. The normalized spacial score (nSPS) is 20.4. The Morgan fingerprint density at radius 1 is 1.40 bits per heavy atom. The number of hydrogen-bond donors (Lipinski definition) is 1. The molecule has 1 saturated heterocycles. The van der Waals surface area contributed by atoms with Gasteiger partial charge in [-0.2, -0.15) is 0 Å². The number of hydrogen-bond acceptors (Lipinski definition) is 5. The topological polar surface area (TPSA) is 75.7 Å². The smallest absolute Gasteiger partial charge is 0.236 e. The van der Waals surface area contributed by atoms with Gasteiger partial charge in [0.2, 0.25) is 5.91 Å². The number of rotatable bonds is 8. The van der Waals surface area contributed by atoms with E-state index in [0.29, 0.717) is 24.6 Å². The van der Waals surface area contributed by atoms with Crippen molar-refractivity contribution in [2.45, 2.75) is 25.4 Å². The molecule has 8 heteroatoms. The highest BCUT2D eigenvalue weighted by Crippen LogP contribution is 2.19. The minimum atomic E-state index is -3.04. The lowest BCUT2D eigenvalue weighted by Crippen LogP contribution is -2.47. The molecule has 6 nitrogen and oxygen atoms in total. The monoisotopic (exact) mass is 388 g/mol. The van der Waals surface area contributed by atoms with Crippen LogP contribution in [0.4, 0.5) is 0 Å². The highest BCUT2D eigenvalue weighted by Gasteiger charge is 2.34. The first kappa shape index (κ1) is 20.2. The molecule has 0 aromatic heterocycles. The molecule has 1 aliphatic rings. The number of benzene rings is 1. The van der Waals surface area contributed by atoms with Gasteiger partial charge < -0.3 is 15.0 Å². The van der Waals surface area contributed by atoms with Gasteiger partial charge in [-0.15, -0.1) is 0 Å². The van der Waals surface area contributed by atoms with Crippen LogP contribution in [0.1, 0.15) is 24.9 Å². The van der Waals surface area contributed by atoms with Crippen molar-refractivity contribution in [3.63, 3.8) is 0 Å². The Kier molecular flexibility index (Phi) is 7.25. The second kappa shape index (κ2) is 8.98. The first-order valence-electron chi connectivity index (χ1n) is 8.30. The van der Waals surface area contributed by atoms with Gasteiger partial charge >= 0.3 is 0 Å². The summed E-state index contributed by atoms with van der Waals surface area (Å²) in [7, 11) is -1.48. The molecule has 0 bridgehead atoms. The predicted octanol–water partition coefficient (Wildman–Crippen LogP) is 1.65. The lowest BCUT2D eigenvalue weighted by molar-refractivity contribution is -0.132. The van der Waals surface area contributed by atoms with Gasteiger partial charge in [0.1, 0.15) is 0 Å². The van der Waals surface area contributed by atoms with Gasteiger partial charge in [0.05, 0.1) is 24.7 Å². The van der Waals surface area contributed by atoms with Gasteiger partial charge in [0.15, 0.2) is 9.84 Å². The second-order valence-corrected chi connectivity index (χ2v) is 8.96. The second-order valence-electron chi connectivity index (χ2n) is 6.29. The number of halogens is 1. The van der Waals surface area contributed by atoms with Crippen LogP contribution in [0.3, 0.4) is 0 Å². The van der Waals surface area contributed by atoms with E-state index in [-0.39, 0.29) is 36.0 Å². The zero-order valence-corrected chi connectivity index (χ0v) is 16.1. The average molecular weight is 389 g/mol. The summed E-state index contributed by atoms with van der Waals surface area (Å²) in [4.78, 5) is 14.3. The standard InChI is InChI=1S/C17H25ClN2O4S/c1-13(14-3-5-15(18)6-4-14)19-11-17(21)20(8-9-24-2)16-7-10-25(22,23)12-16/h3-6,13,16,19H,7-12H2,1-2H3. The van der Waals surface area contributed by atoms with E-state index in [2.05, 4.69) is 5.32 Å². The van der Waals surface area contributed by atoms with Crippen molar-refractivity contribution in [3.8, 4) is 0 Å². The molecule has 2 atom stereocenters. The van der Waals surface area contributed by atoms with E-state index in [1.165, 1.54) is 0 Å². The summed E-state index contributed by atoms with van der Waals surface area (Å²) < 4.78 is 28.5. The summed E-state index contributed by atoms with van der Waals surface area (Å²) >= 11 is 5.89.